The van der Waals surface area contributed by atoms with Crippen molar-refractivity contribution in [2.45, 2.75) is 33.6 Å². The van der Waals surface area contributed by atoms with Crippen LogP contribution in [-0.2, 0) is 11.2 Å². The van der Waals surface area contributed by atoms with Gasteiger partial charge in [-0.2, -0.15) is 0 Å². The molecule has 0 aliphatic rings. The minimum atomic E-state index is 0.615. The quantitative estimate of drug-likeness (QED) is 0.633. The summed E-state index contributed by atoms with van der Waals surface area (Å²) in [6.07, 6.45) is 2.19. The van der Waals surface area contributed by atoms with Crippen LogP contribution in [0.4, 0.5) is 0 Å². The SMILES string of the molecule is CCOCCC(CNCC(C)C)Cc1ccc(OC)cc1. The largest absolute Gasteiger partial charge is 0.497 e. The Morgan fingerprint density at radius 2 is 1.81 bits per heavy atom. The molecule has 0 bridgehead atoms. The van der Waals surface area contributed by atoms with Crippen LogP contribution in [-0.4, -0.2) is 33.4 Å². The fraction of sp³-hybridized carbons (Fsp3) is 0.667. The summed E-state index contributed by atoms with van der Waals surface area (Å²) in [6, 6.07) is 8.40. The summed E-state index contributed by atoms with van der Waals surface area (Å²) in [7, 11) is 1.70. The van der Waals surface area contributed by atoms with Crippen molar-refractivity contribution >= 4 is 0 Å². The van der Waals surface area contributed by atoms with Gasteiger partial charge in [0.05, 0.1) is 7.11 Å². The van der Waals surface area contributed by atoms with Gasteiger partial charge in [-0.15, -0.1) is 0 Å². The van der Waals surface area contributed by atoms with Gasteiger partial charge in [0, 0.05) is 13.2 Å². The summed E-state index contributed by atoms with van der Waals surface area (Å²) in [5.41, 5.74) is 1.36. The molecular formula is C18H31NO2. The number of hydrogen-bond acceptors (Lipinski definition) is 3. The van der Waals surface area contributed by atoms with E-state index in [0.717, 1.165) is 44.9 Å². The number of rotatable bonds is 11. The van der Waals surface area contributed by atoms with E-state index in [2.05, 4.69) is 38.2 Å². The molecule has 0 spiro atoms. The second-order valence-corrected chi connectivity index (χ2v) is 5.96. The first-order valence-corrected chi connectivity index (χ1v) is 8.07. The zero-order valence-electron chi connectivity index (χ0n) is 14.0. The van der Waals surface area contributed by atoms with Crippen LogP contribution >= 0.6 is 0 Å². The van der Waals surface area contributed by atoms with E-state index in [4.69, 9.17) is 9.47 Å². The highest BCUT2D eigenvalue weighted by atomic mass is 16.5. The molecular weight excluding hydrogens is 262 g/mol. The second-order valence-electron chi connectivity index (χ2n) is 5.96. The molecule has 0 heterocycles. The van der Waals surface area contributed by atoms with E-state index in [-0.39, 0.29) is 0 Å². The predicted molar refractivity (Wildman–Crippen MR) is 89.0 cm³/mol. The molecule has 120 valence electrons. The predicted octanol–water partition coefficient (Wildman–Crippen LogP) is 3.53. The van der Waals surface area contributed by atoms with Crippen molar-refractivity contribution in [3.8, 4) is 5.75 Å². The first-order valence-electron chi connectivity index (χ1n) is 8.07. The molecule has 21 heavy (non-hydrogen) atoms. The Labute approximate surface area is 130 Å². The minimum absolute atomic E-state index is 0.615. The number of nitrogens with one attached hydrogen (secondary N) is 1. The molecule has 0 amide bonds. The van der Waals surface area contributed by atoms with Crippen molar-refractivity contribution in [1.29, 1.82) is 0 Å². The Hall–Kier alpha value is -1.06. The van der Waals surface area contributed by atoms with Gasteiger partial charge in [0.1, 0.15) is 5.75 Å². The standard InChI is InChI=1S/C18H31NO2/c1-5-21-11-10-17(14-19-13-15(2)3)12-16-6-8-18(20-4)9-7-16/h6-9,15,17,19H,5,10-14H2,1-4H3. The maximum atomic E-state index is 5.52. The molecule has 1 rings (SSSR count). The van der Waals surface area contributed by atoms with Crippen LogP contribution in [0.3, 0.4) is 0 Å². The summed E-state index contributed by atoms with van der Waals surface area (Å²) in [5, 5.41) is 3.57. The zero-order chi connectivity index (χ0) is 15.5. The average molecular weight is 293 g/mol. The normalized spacial score (nSPS) is 12.6. The third-order valence-electron chi connectivity index (χ3n) is 3.54. The molecule has 1 N–H and O–H groups in total. The van der Waals surface area contributed by atoms with Gasteiger partial charge >= 0.3 is 0 Å². The summed E-state index contributed by atoms with van der Waals surface area (Å²) in [4.78, 5) is 0. The highest BCUT2D eigenvalue weighted by Crippen LogP contribution is 2.16. The molecule has 0 radical (unpaired) electrons. The van der Waals surface area contributed by atoms with Crippen molar-refractivity contribution in [2.24, 2.45) is 11.8 Å². The van der Waals surface area contributed by atoms with Crippen LogP contribution in [0.2, 0.25) is 0 Å². The van der Waals surface area contributed by atoms with Crippen LogP contribution in [0.5, 0.6) is 5.75 Å². The van der Waals surface area contributed by atoms with Gasteiger partial charge in [-0.05, 0) is 62.4 Å². The van der Waals surface area contributed by atoms with E-state index in [0.29, 0.717) is 11.8 Å². The lowest BCUT2D eigenvalue weighted by atomic mass is 9.96. The van der Waals surface area contributed by atoms with Gasteiger partial charge < -0.3 is 14.8 Å². The first kappa shape index (κ1) is 18.0. The Morgan fingerprint density at radius 1 is 1.10 bits per heavy atom. The first-order chi connectivity index (χ1) is 10.2. The summed E-state index contributed by atoms with van der Waals surface area (Å²) >= 11 is 0. The van der Waals surface area contributed by atoms with E-state index >= 15 is 0 Å². The third-order valence-corrected chi connectivity index (χ3v) is 3.54. The number of hydrogen-bond donors (Lipinski definition) is 1. The summed E-state index contributed by atoms with van der Waals surface area (Å²) in [6.45, 7) is 10.3. The fourth-order valence-electron chi connectivity index (χ4n) is 2.34. The van der Waals surface area contributed by atoms with Crippen LogP contribution in [0.1, 0.15) is 32.8 Å². The van der Waals surface area contributed by atoms with Gasteiger partial charge in [-0.3, -0.25) is 0 Å². The Bertz CT molecular complexity index is 362. The van der Waals surface area contributed by atoms with Crippen LogP contribution < -0.4 is 10.1 Å². The molecule has 1 aromatic rings. The lowest BCUT2D eigenvalue weighted by Gasteiger charge is -2.19. The van der Waals surface area contributed by atoms with E-state index < -0.39 is 0 Å². The molecule has 1 atom stereocenters. The van der Waals surface area contributed by atoms with Crippen LogP contribution in [0.15, 0.2) is 24.3 Å². The van der Waals surface area contributed by atoms with Crippen LogP contribution in [0, 0.1) is 11.8 Å². The Morgan fingerprint density at radius 3 is 2.38 bits per heavy atom. The summed E-state index contributed by atoms with van der Waals surface area (Å²) in [5.74, 6) is 2.23. The number of methoxy groups -OCH3 is 1. The van der Waals surface area contributed by atoms with Gasteiger partial charge in [-0.25, -0.2) is 0 Å². The van der Waals surface area contributed by atoms with E-state index in [1.54, 1.807) is 7.11 Å². The van der Waals surface area contributed by atoms with Crippen molar-refractivity contribution in [1.82, 2.24) is 5.32 Å². The number of ether oxygens (including phenoxy) is 2. The summed E-state index contributed by atoms with van der Waals surface area (Å²) < 4.78 is 10.7. The third kappa shape index (κ3) is 8.08. The van der Waals surface area contributed by atoms with Gasteiger partial charge in [-0.1, -0.05) is 26.0 Å². The monoisotopic (exact) mass is 293 g/mol. The van der Waals surface area contributed by atoms with Crippen LogP contribution in [0.25, 0.3) is 0 Å². The van der Waals surface area contributed by atoms with Gasteiger partial charge in [0.25, 0.3) is 0 Å². The van der Waals surface area contributed by atoms with Gasteiger partial charge in [0.15, 0.2) is 0 Å². The van der Waals surface area contributed by atoms with E-state index in [1.165, 1.54) is 5.56 Å². The highest BCUT2D eigenvalue weighted by molar-refractivity contribution is 5.27. The smallest absolute Gasteiger partial charge is 0.118 e. The lowest BCUT2D eigenvalue weighted by molar-refractivity contribution is 0.131. The fourth-order valence-corrected chi connectivity index (χ4v) is 2.34. The average Bonchev–Trinajstić information content (AvgIpc) is 2.47. The highest BCUT2D eigenvalue weighted by Gasteiger charge is 2.10. The Kier molecular flexibility index (Phi) is 9.11. The van der Waals surface area contributed by atoms with E-state index in [1.807, 2.05) is 12.1 Å². The lowest BCUT2D eigenvalue weighted by Crippen LogP contribution is -2.28. The molecule has 0 saturated heterocycles. The van der Waals surface area contributed by atoms with Crippen molar-refractivity contribution in [3.05, 3.63) is 29.8 Å². The maximum absolute atomic E-state index is 5.52. The molecule has 3 nitrogen and oxygen atoms in total. The topological polar surface area (TPSA) is 30.5 Å². The Balaban J connectivity index is 2.48. The van der Waals surface area contributed by atoms with Crippen molar-refractivity contribution in [3.63, 3.8) is 0 Å². The van der Waals surface area contributed by atoms with Crippen molar-refractivity contribution in [2.75, 3.05) is 33.4 Å². The number of benzene rings is 1. The molecule has 0 saturated carbocycles. The molecule has 0 aliphatic heterocycles. The van der Waals surface area contributed by atoms with Gasteiger partial charge in [0.2, 0.25) is 0 Å². The molecule has 1 aromatic carbocycles. The van der Waals surface area contributed by atoms with E-state index in [9.17, 15) is 0 Å². The molecule has 0 aliphatic carbocycles. The molecule has 3 heteroatoms. The molecule has 1 unspecified atom stereocenters. The molecule has 0 aromatic heterocycles. The minimum Gasteiger partial charge on any atom is -0.497 e. The second kappa shape index (κ2) is 10.6. The maximum Gasteiger partial charge on any atom is 0.118 e. The van der Waals surface area contributed by atoms with Crippen molar-refractivity contribution < 1.29 is 9.47 Å². The zero-order valence-corrected chi connectivity index (χ0v) is 14.0. The molecule has 0 fully saturated rings.